The van der Waals surface area contributed by atoms with Crippen LogP contribution in [-0.4, -0.2) is 23.3 Å². The van der Waals surface area contributed by atoms with Crippen LogP contribution in [0.3, 0.4) is 0 Å². The number of ether oxygens (including phenoxy) is 1. The van der Waals surface area contributed by atoms with E-state index in [9.17, 15) is 19.7 Å². The molecule has 25 heavy (non-hydrogen) atoms. The Morgan fingerprint density at radius 3 is 2.60 bits per heavy atom. The Bertz CT molecular complexity index is 825. The minimum atomic E-state index is -0.803. The number of nitrogens with zero attached hydrogens (tertiary/aromatic N) is 1. The maximum Gasteiger partial charge on any atom is 0.282 e. The van der Waals surface area contributed by atoms with Crippen molar-refractivity contribution in [2.75, 3.05) is 6.61 Å². The third kappa shape index (κ3) is 4.92. The van der Waals surface area contributed by atoms with Crippen molar-refractivity contribution in [3.63, 3.8) is 0 Å². The summed E-state index contributed by atoms with van der Waals surface area (Å²) in [5.74, 6) is -0.982. The highest BCUT2D eigenvalue weighted by Crippen LogP contribution is 2.21. The Labute approximate surface area is 147 Å². The van der Waals surface area contributed by atoms with E-state index in [4.69, 9.17) is 16.3 Å². The standard InChI is InChI=1S/C16H14ClN3O5/c1-10-8-11(6-7-13(10)17)25-9-15(21)18-19-16(22)12-4-2-3-5-14(12)20(23)24/h2-8H,9H2,1H3,(H,18,21)(H,19,22). The predicted octanol–water partition coefficient (Wildman–Crippen LogP) is 2.40. The number of aryl methyl sites for hydroxylation is 1. The number of amides is 2. The fourth-order valence-electron chi connectivity index (χ4n) is 1.91. The molecule has 0 radical (unpaired) electrons. The van der Waals surface area contributed by atoms with Gasteiger partial charge in [0, 0.05) is 11.1 Å². The van der Waals surface area contributed by atoms with Crippen LogP contribution >= 0.6 is 11.6 Å². The van der Waals surface area contributed by atoms with E-state index >= 15 is 0 Å². The number of hydrogen-bond donors (Lipinski definition) is 2. The maximum absolute atomic E-state index is 11.9. The molecule has 2 rings (SSSR count). The van der Waals surface area contributed by atoms with Gasteiger partial charge in [-0.25, -0.2) is 0 Å². The molecule has 2 N–H and O–H groups in total. The number of nitrogens with one attached hydrogen (secondary N) is 2. The van der Waals surface area contributed by atoms with Crippen LogP contribution in [0, 0.1) is 17.0 Å². The molecule has 0 bridgehead atoms. The van der Waals surface area contributed by atoms with Crippen molar-refractivity contribution in [3.8, 4) is 5.75 Å². The first-order chi connectivity index (χ1) is 11.9. The number of carbonyl (C=O) groups is 2. The SMILES string of the molecule is Cc1cc(OCC(=O)NNC(=O)c2ccccc2[N+](=O)[O-])ccc1Cl. The summed E-state index contributed by atoms with van der Waals surface area (Å²) in [6.45, 7) is 1.44. The van der Waals surface area contributed by atoms with Crippen molar-refractivity contribution in [3.05, 3.63) is 68.7 Å². The van der Waals surface area contributed by atoms with Crippen LogP contribution < -0.4 is 15.6 Å². The highest BCUT2D eigenvalue weighted by atomic mass is 35.5. The fourth-order valence-corrected chi connectivity index (χ4v) is 2.03. The van der Waals surface area contributed by atoms with Crippen LogP contribution in [0.15, 0.2) is 42.5 Å². The van der Waals surface area contributed by atoms with E-state index in [2.05, 4.69) is 10.9 Å². The molecule has 0 atom stereocenters. The van der Waals surface area contributed by atoms with Crippen molar-refractivity contribution in [1.29, 1.82) is 0 Å². The number of para-hydroxylation sites is 1. The Morgan fingerprint density at radius 2 is 1.92 bits per heavy atom. The van der Waals surface area contributed by atoms with Crippen molar-refractivity contribution >= 4 is 29.1 Å². The maximum atomic E-state index is 11.9. The lowest BCUT2D eigenvalue weighted by Crippen LogP contribution is -2.44. The predicted molar refractivity (Wildman–Crippen MR) is 90.4 cm³/mol. The summed E-state index contributed by atoms with van der Waals surface area (Å²) >= 11 is 5.89. The van der Waals surface area contributed by atoms with Crippen LogP contribution in [0.1, 0.15) is 15.9 Å². The highest BCUT2D eigenvalue weighted by molar-refractivity contribution is 6.31. The van der Waals surface area contributed by atoms with E-state index in [1.165, 1.54) is 24.3 Å². The minimum absolute atomic E-state index is 0.165. The van der Waals surface area contributed by atoms with Gasteiger partial charge < -0.3 is 4.74 Å². The second-order valence-electron chi connectivity index (χ2n) is 4.98. The molecule has 0 aliphatic heterocycles. The smallest absolute Gasteiger partial charge is 0.282 e. The summed E-state index contributed by atoms with van der Waals surface area (Å²) in [6.07, 6.45) is 0. The molecule has 130 valence electrons. The lowest BCUT2D eigenvalue weighted by Gasteiger charge is -2.09. The van der Waals surface area contributed by atoms with E-state index < -0.39 is 16.7 Å². The molecule has 0 unspecified atom stereocenters. The Kier molecular flexibility index (Phi) is 5.91. The average molecular weight is 364 g/mol. The van der Waals surface area contributed by atoms with Crippen LogP contribution in [0.4, 0.5) is 5.69 Å². The van der Waals surface area contributed by atoms with E-state index in [0.717, 1.165) is 5.56 Å². The average Bonchev–Trinajstić information content (AvgIpc) is 2.60. The summed E-state index contributed by atoms with van der Waals surface area (Å²) in [7, 11) is 0. The zero-order chi connectivity index (χ0) is 18.4. The summed E-state index contributed by atoms with van der Waals surface area (Å²) < 4.78 is 5.27. The van der Waals surface area contributed by atoms with E-state index in [0.29, 0.717) is 10.8 Å². The summed E-state index contributed by atoms with van der Waals surface area (Å²) in [6, 6.07) is 10.3. The summed E-state index contributed by atoms with van der Waals surface area (Å²) in [5, 5.41) is 11.5. The van der Waals surface area contributed by atoms with Gasteiger partial charge >= 0.3 is 0 Å². The molecule has 8 nitrogen and oxygen atoms in total. The highest BCUT2D eigenvalue weighted by Gasteiger charge is 2.19. The number of rotatable bonds is 5. The molecule has 0 fully saturated rings. The number of benzene rings is 2. The number of nitro benzene ring substituents is 1. The van der Waals surface area contributed by atoms with Gasteiger partial charge in [0.05, 0.1) is 4.92 Å². The fraction of sp³-hybridized carbons (Fsp3) is 0.125. The first-order valence-corrected chi connectivity index (χ1v) is 7.48. The van der Waals surface area contributed by atoms with E-state index in [1.54, 1.807) is 25.1 Å². The molecule has 0 heterocycles. The number of halogens is 1. The van der Waals surface area contributed by atoms with Gasteiger partial charge in [-0.05, 0) is 36.8 Å². The Morgan fingerprint density at radius 1 is 1.20 bits per heavy atom. The molecular formula is C16H14ClN3O5. The summed E-state index contributed by atoms with van der Waals surface area (Å²) in [5.41, 5.74) is 4.51. The monoisotopic (exact) mass is 363 g/mol. The van der Waals surface area contributed by atoms with Crippen molar-refractivity contribution < 1.29 is 19.2 Å². The second kappa shape index (κ2) is 8.11. The van der Waals surface area contributed by atoms with Crippen molar-refractivity contribution in [2.45, 2.75) is 6.92 Å². The quantitative estimate of drug-likeness (QED) is 0.626. The molecule has 2 amide bonds. The Hall–Kier alpha value is -3.13. The molecule has 0 aliphatic rings. The zero-order valence-electron chi connectivity index (χ0n) is 13.1. The van der Waals surface area contributed by atoms with Crippen LogP contribution in [-0.2, 0) is 4.79 Å². The van der Waals surface area contributed by atoms with Gasteiger partial charge in [-0.15, -0.1) is 0 Å². The number of nitro groups is 1. The van der Waals surface area contributed by atoms with Crippen molar-refractivity contribution in [1.82, 2.24) is 10.9 Å². The van der Waals surface area contributed by atoms with Crippen LogP contribution in [0.5, 0.6) is 5.75 Å². The lowest BCUT2D eigenvalue weighted by molar-refractivity contribution is -0.385. The molecular weight excluding hydrogens is 350 g/mol. The van der Waals surface area contributed by atoms with Gasteiger partial charge in [0.1, 0.15) is 11.3 Å². The molecule has 0 spiro atoms. The number of hydrazine groups is 1. The largest absolute Gasteiger partial charge is 0.484 e. The van der Waals surface area contributed by atoms with E-state index in [-0.39, 0.29) is 17.9 Å². The topological polar surface area (TPSA) is 111 Å². The van der Waals surface area contributed by atoms with Gasteiger partial charge in [0.15, 0.2) is 6.61 Å². The normalized spacial score (nSPS) is 10.0. The lowest BCUT2D eigenvalue weighted by atomic mass is 10.2. The minimum Gasteiger partial charge on any atom is -0.484 e. The van der Waals surface area contributed by atoms with Gasteiger partial charge in [0.2, 0.25) is 0 Å². The molecule has 9 heteroatoms. The van der Waals surface area contributed by atoms with Gasteiger partial charge in [-0.3, -0.25) is 30.6 Å². The number of hydrogen-bond acceptors (Lipinski definition) is 5. The summed E-state index contributed by atoms with van der Waals surface area (Å²) in [4.78, 5) is 33.9. The van der Waals surface area contributed by atoms with Gasteiger partial charge in [-0.1, -0.05) is 23.7 Å². The number of carbonyl (C=O) groups excluding carboxylic acids is 2. The first-order valence-electron chi connectivity index (χ1n) is 7.10. The van der Waals surface area contributed by atoms with Crippen LogP contribution in [0.25, 0.3) is 0 Å². The molecule has 2 aromatic rings. The molecule has 2 aromatic carbocycles. The molecule has 0 aromatic heterocycles. The Balaban J connectivity index is 1.88. The van der Waals surface area contributed by atoms with Crippen LogP contribution in [0.2, 0.25) is 5.02 Å². The second-order valence-corrected chi connectivity index (χ2v) is 5.38. The first kappa shape index (κ1) is 18.2. The van der Waals surface area contributed by atoms with Crippen molar-refractivity contribution in [2.24, 2.45) is 0 Å². The van der Waals surface area contributed by atoms with E-state index in [1.807, 2.05) is 0 Å². The molecule has 0 saturated heterocycles. The van der Waals surface area contributed by atoms with Gasteiger partial charge in [-0.2, -0.15) is 0 Å². The molecule has 0 aliphatic carbocycles. The third-order valence-corrected chi connectivity index (χ3v) is 3.58. The zero-order valence-corrected chi connectivity index (χ0v) is 13.9. The molecule has 0 saturated carbocycles. The van der Waals surface area contributed by atoms with Gasteiger partial charge in [0.25, 0.3) is 17.5 Å². The third-order valence-electron chi connectivity index (χ3n) is 3.16.